The number of halogens is 1. The summed E-state index contributed by atoms with van der Waals surface area (Å²) in [6.45, 7) is 1.88. The molecule has 2 aromatic rings. The lowest BCUT2D eigenvalue weighted by molar-refractivity contribution is 0.0685. The molecule has 1 aromatic carbocycles. The Kier molecular flexibility index (Phi) is 3.25. The van der Waals surface area contributed by atoms with E-state index in [2.05, 4.69) is 9.97 Å². The van der Waals surface area contributed by atoms with E-state index in [9.17, 15) is 4.79 Å². The lowest BCUT2D eigenvalue weighted by atomic mass is 10.1. The summed E-state index contributed by atoms with van der Waals surface area (Å²) in [6.07, 6.45) is 1.47. The molecule has 0 unspecified atom stereocenters. The van der Waals surface area contributed by atoms with Crippen molar-refractivity contribution in [3.05, 3.63) is 34.7 Å². The van der Waals surface area contributed by atoms with Gasteiger partial charge >= 0.3 is 5.97 Å². The van der Waals surface area contributed by atoms with E-state index in [1.807, 2.05) is 6.92 Å². The minimum Gasteiger partial charge on any atom is -0.495 e. The Bertz CT molecular complexity index is 607. The number of aromatic amines is 1. The summed E-state index contributed by atoms with van der Waals surface area (Å²) < 4.78 is 5.11. The molecular weight excluding hydrogens is 256 g/mol. The predicted molar refractivity (Wildman–Crippen MR) is 67.3 cm³/mol. The standard InChI is InChI=1S/C12H11ClN2O3/c1-6-3-10(18-2)8(13)4-7(6)9-5-14-11(15-9)12(16)17/h3-5H,1-2H3,(H,14,15)(H,16,17). The molecule has 5 nitrogen and oxygen atoms in total. The van der Waals surface area contributed by atoms with Gasteiger partial charge in [-0.3, -0.25) is 0 Å². The Hall–Kier alpha value is -2.01. The predicted octanol–water partition coefficient (Wildman–Crippen LogP) is 2.75. The van der Waals surface area contributed by atoms with Gasteiger partial charge in [0.1, 0.15) is 5.75 Å². The third-order valence-corrected chi connectivity index (χ3v) is 2.86. The van der Waals surface area contributed by atoms with Gasteiger partial charge < -0.3 is 14.8 Å². The second-order valence-electron chi connectivity index (χ2n) is 3.75. The van der Waals surface area contributed by atoms with Crippen molar-refractivity contribution >= 4 is 17.6 Å². The summed E-state index contributed by atoms with van der Waals surface area (Å²) >= 11 is 6.05. The van der Waals surface area contributed by atoms with Gasteiger partial charge in [0.25, 0.3) is 0 Å². The maximum Gasteiger partial charge on any atom is 0.371 e. The second kappa shape index (κ2) is 4.70. The molecule has 2 N–H and O–H groups in total. The van der Waals surface area contributed by atoms with Crippen LogP contribution in [-0.4, -0.2) is 28.2 Å². The fraction of sp³-hybridized carbons (Fsp3) is 0.167. The summed E-state index contributed by atoms with van der Waals surface area (Å²) in [6, 6.07) is 3.51. The first-order chi connectivity index (χ1) is 8.52. The topological polar surface area (TPSA) is 75.2 Å². The number of nitrogens with one attached hydrogen (secondary N) is 1. The first-order valence-electron chi connectivity index (χ1n) is 5.15. The molecule has 0 aliphatic heterocycles. The number of carboxylic acids is 1. The third-order valence-electron chi connectivity index (χ3n) is 2.57. The average Bonchev–Trinajstić information content (AvgIpc) is 2.81. The summed E-state index contributed by atoms with van der Waals surface area (Å²) in [7, 11) is 1.54. The maximum atomic E-state index is 10.8. The molecule has 0 saturated carbocycles. The lowest BCUT2D eigenvalue weighted by Crippen LogP contribution is -1.98. The minimum absolute atomic E-state index is 0.101. The van der Waals surface area contributed by atoms with Crippen LogP contribution in [0.2, 0.25) is 5.02 Å². The smallest absolute Gasteiger partial charge is 0.371 e. The second-order valence-corrected chi connectivity index (χ2v) is 4.16. The fourth-order valence-electron chi connectivity index (χ4n) is 1.67. The quantitative estimate of drug-likeness (QED) is 0.896. The molecule has 6 heteroatoms. The molecule has 2 rings (SSSR count). The molecule has 0 bridgehead atoms. The number of nitrogens with zero attached hydrogens (tertiary/aromatic N) is 1. The number of rotatable bonds is 3. The molecule has 0 atom stereocenters. The normalized spacial score (nSPS) is 10.4. The van der Waals surface area contributed by atoms with Gasteiger partial charge in [-0.05, 0) is 24.6 Å². The van der Waals surface area contributed by atoms with Gasteiger partial charge in [-0.2, -0.15) is 0 Å². The van der Waals surface area contributed by atoms with Crippen LogP contribution in [0.15, 0.2) is 18.3 Å². The van der Waals surface area contributed by atoms with Gasteiger partial charge in [-0.15, -0.1) is 0 Å². The highest BCUT2D eigenvalue weighted by Crippen LogP contribution is 2.32. The van der Waals surface area contributed by atoms with Crippen molar-refractivity contribution in [1.29, 1.82) is 0 Å². The van der Waals surface area contributed by atoms with E-state index in [4.69, 9.17) is 21.4 Å². The number of carbonyl (C=O) groups is 1. The van der Waals surface area contributed by atoms with E-state index in [-0.39, 0.29) is 5.82 Å². The summed E-state index contributed by atoms with van der Waals surface area (Å²) in [5.41, 5.74) is 2.31. The Labute approximate surface area is 108 Å². The highest BCUT2D eigenvalue weighted by Gasteiger charge is 2.13. The number of hydrogen-bond donors (Lipinski definition) is 2. The number of H-pyrrole nitrogens is 1. The van der Waals surface area contributed by atoms with Crippen molar-refractivity contribution in [1.82, 2.24) is 9.97 Å². The monoisotopic (exact) mass is 266 g/mol. The van der Waals surface area contributed by atoms with Gasteiger partial charge in [0, 0.05) is 5.56 Å². The molecule has 0 spiro atoms. The van der Waals surface area contributed by atoms with E-state index in [1.54, 1.807) is 19.2 Å². The molecule has 94 valence electrons. The Morgan fingerprint density at radius 1 is 1.50 bits per heavy atom. The molecular formula is C12H11ClN2O3. The number of aromatic nitrogens is 2. The van der Waals surface area contributed by atoms with Crippen molar-refractivity contribution in [2.24, 2.45) is 0 Å². The van der Waals surface area contributed by atoms with E-state index in [0.29, 0.717) is 16.5 Å². The van der Waals surface area contributed by atoms with Gasteiger partial charge in [-0.1, -0.05) is 11.6 Å². The van der Waals surface area contributed by atoms with Crippen LogP contribution in [0, 0.1) is 6.92 Å². The molecule has 0 saturated heterocycles. The molecule has 0 amide bonds. The molecule has 1 aromatic heterocycles. The fourth-order valence-corrected chi connectivity index (χ4v) is 1.91. The van der Waals surface area contributed by atoms with Crippen molar-refractivity contribution in [3.8, 4) is 17.0 Å². The maximum absolute atomic E-state index is 10.8. The van der Waals surface area contributed by atoms with Crippen molar-refractivity contribution < 1.29 is 14.6 Å². The molecule has 18 heavy (non-hydrogen) atoms. The molecule has 0 aliphatic carbocycles. The lowest BCUT2D eigenvalue weighted by Gasteiger charge is -2.08. The van der Waals surface area contributed by atoms with E-state index < -0.39 is 5.97 Å². The van der Waals surface area contributed by atoms with Crippen LogP contribution in [0.3, 0.4) is 0 Å². The van der Waals surface area contributed by atoms with Crippen LogP contribution in [0.4, 0.5) is 0 Å². The molecule has 0 aliphatic rings. The van der Waals surface area contributed by atoms with Gasteiger partial charge in [0.05, 0.1) is 24.0 Å². The van der Waals surface area contributed by atoms with Gasteiger partial charge in [0.15, 0.2) is 0 Å². The largest absolute Gasteiger partial charge is 0.495 e. The van der Waals surface area contributed by atoms with E-state index >= 15 is 0 Å². The zero-order valence-corrected chi connectivity index (χ0v) is 10.6. The van der Waals surface area contributed by atoms with Crippen molar-refractivity contribution in [2.75, 3.05) is 7.11 Å². The highest BCUT2D eigenvalue weighted by molar-refractivity contribution is 6.32. The molecule has 1 heterocycles. The number of benzene rings is 1. The first kappa shape index (κ1) is 12.4. The van der Waals surface area contributed by atoms with Crippen LogP contribution in [-0.2, 0) is 0 Å². The van der Waals surface area contributed by atoms with Crippen LogP contribution in [0.25, 0.3) is 11.3 Å². The molecule has 0 radical (unpaired) electrons. The Morgan fingerprint density at radius 3 is 2.78 bits per heavy atom. The summed E-state index contributed by atoms with van der Waals surface area (Å²) in [4.78, 5) is 17.3. The van der Waals surface area contributed by atoms with Crippen molar-refractivity contribution in [3.63, 3.8) is 0 Å². The van der Waals surface area contributed by atoms with Crippen LogP contribution < -0.4 is 4.74 Å². The number of ether oxygens (including phenoxy) is 1. The zero-order valence-electron chi connectivity index (χ0n) is 9.82. The Morgan fingerprint density at radius 2 is 2.22 bits per heavy atom. The van der Waals surface area contributed by atoms with Gasteiger partial charge in [-0.25, -0.2) is 9.78 Å². The number of hydrogen-bond acceptors (Lipinski definition) is 3. The van der Waals surface area contributed by atoms with Crippen LogP contribution in [0.5, 0.6) is 5.75 Å². The van der Waals surface area contributed by atoms with Crippen LogP contribution >= 0.6 is 11.6 Å². The SMILES string of the molecule is COc1cc(C)c(-c2cnc(C(=O)O)[nH]2)cc1Cl. The minimum atomic E-state index is -1.10. The first-order valence-corrected chi connectivity index (χ1v) is 5.53. The van der Waals surface area contributed by atoms with Gasteiger partial charge in [0.2, 0.25) is 5.82 Å². The van der Waals surface area contributed by atoms with Crippen molar-refractivity contribution in [2.45, 2.75) is 6.92 Å². The van der Waals surface area contributed by atoms with Crippen LogP contribution in [0.1, 0.15) is 16.2 Å². The van der Waals surface area contributed by atoms with E-state index in [1.165, 1.54) is 6.20 Å². The Balaban J connectivity index is 2.50. The zero-order chi connectivity index (χ0) is 13.3. The van der Waals surface area contributed by atoms with E-state index in [0.717, 1.165) is 11.1 Å². The summed E-state index contributed by atoms with van der Waals surface area (Å²) in [5.74, 6) is -0.620. The number of imidazole rings is 1. The average molecular weight is 267 g/mol. The number of methoxy groups -OCH3 is 1. The highest BCUT2D eigenvalue weighted by atomic mass is 35.5. The number of aryl methyl sites for hydroxylation is 1. The third kappa shape index (κ3) is 2.17. The number of carboxylic acid groups (broad SMARTS) is 1. The summed E-state index contributed by atoms with van der Waals surface area (Å²) in [5, 5.41) is 9.27. The number of aromatic carboxylic acids is 1. The molecule has 0 fully saturated rings.